The van der Waals surface area contributed by atoms with E-state index in [1.54, 1.807) is 13.8 Å². The van der Waals surface area contributed by atoms with Crippen LogP contribution in [-0.4, -0.2) is 19.8 Å². The molecule has 1 aromatic rings. The van der Waals surface area contributed by atoms with Gasteiger partial charge in [0.15, 0.2) is 0 Å². The van der Waals surface area contributed by atoms with Crippen LogP contribution in [0.25, 0.3) is 0 Å². The van der Waals surface area contributed by atoms with Gasteiger partial charge in [0, 0.05) is 15.9 Å². The van der Waals surface area contributed by atoms with Crippen molar-refractivity contribution in [2.75, 3.05) is 5.88 Å². The third-order valence-corrected chi connectivity index (χ3v) is 4.73. The van der Waals surface area contributed by atoms with E-state index >= 15 is 0 Å². The highest BCUT2D eigenvalue weighted by Gasteiger charge is 2.27. The molecular weight excluding hydrogens is 345 g/mol. The molecule has 0 saturated heterocycles. The third-order valence-electron chi connectivity index (χ3n) is 2.31. The van der Waals surface area contributed by atoms with Crippen molar-refractivity contribution in [3.63, 3.8) is 0 Å². The number of halogens is 3. The topological polar surface area (TPSA) is 46.2 Å². The number of nitrogens with one attached hydrogen (secondary N) is 1. The molecule has 0 atom stereocenters. The Balaban J connectivity index is 3.07. The molecule has 0 aromatic heterocycles. The van der Waals surface area contributed by atoms with E-state index in [0.717, 1.165) is 6.07 Å². The van der Waals surface area contributed by atoms with Crippen molar-refractivity contribution in [1.29, 1.82) is 0 Å². The summed E-state index contributed by atoms with van der Waals surface area (Å²) in [5.41, 5.74) is -0.722. The number of alkyl halides is 1. The van der Waals surface area contributed by atoms with E-state index in [1.165, 1.54) is 12.1 Å². The quantitative estimate of drug-likeness (QED) is 0.821. The lowest BCUT2D eigenvalue weighted by Gasteiger charge is -2.25. The predicted molar refractivity (Wildman–Crippen MR) is 73.8 cm³/mol. The van der Waals surface area contributed by atoms with Crippen molar-refractivity contribution in [2.45, 2.75) is 30.7 Å². The Hall–Kier alpha value is -0.170. The highest BCUT2D eigenvalue weighted by Crippen LogP contribution is 2.21. The maximum Gasteiger partial charge on any atom is 0.243 e. The largest absolute Gasteiger partial charge is 0.243 e. The van der Waals surface area contributed by atoms with E-state index in [4.69, 9.17) is 11.6 Å². The second kappa shape index (κ2) is 5.86. The molecule has 0 unspecified atom stereocenters. The van der Waals surface area contributed by atoms with Crippen LogP contribution < -0.4 is 4.72 Å². The Morgan fingerprint density at radius 3 is 2.56 bits per heavy atom. The maximum absolute atomic E-state index is 13.6. The average Bonchev–Trinajstić information content (AvgIpc) is 2.14. The fourth-order valence-corrected chi connectivity index (χ4v) is 3.71. The Labute approximate surface area is 120 Å². The Kier molecular flexibility index (Phi) is 5.17. The van der Waals surface area contributed by atoms with Crippen LogP contribution in [0.3, 0.4) is 0 Å². The Morgan fingerprint density at radius 1 is 1.44 bits per heavy atom. The van der Waals surface area contributed by atoms with Gasteiger partial charge in [0.05, 0.1) is 0 Å². The van der Waals surface area contributed by atoms with Crippen molar-refractivity contribution >= 4 is 37.6 Å². The molecular formula is C11H14BrClFNO2S. The molecule has 0 heterocycles. The molecule has 0 spiro atoms. The highest BCUT2D eigenvalue weighted by atomic mass is 79.9. The molecule has 0 bridgehead atoms. The van der Waals surface area contributed by atoms with Gasteiger partial charge in [-0.25, -0.2) is 17.5 Å². The summed E-state index contributed by atoms with van der Waals surface area (Å²) < 4.78 is 40.7. The van der Waals surface area contributed by atoms with E-state index in [2.05, 4.69) is 20.7 Å². The minimum absolute atomic E-state index is 0.318. The molecule has 1 rings (SSSR count). The van der Waals surface area contributed by atoms with Gasteiger partial charge < -0.3 is 0 Å². The number of hydrogen-bond donors (Lipinski definition) is 1. The monoisotopic (exact) mass is 357 g/mol. The standard InChI is InChI=1S/C11H14BrClFNO2S/c1-11(2,5-6-13)15-18(16,17)10-4-3-8(12)7-9(10)14/h3-4,7,15H,5-6H2,1-2H3. The van der Waals surface area contributed by atoms with Crippen LogP contribution in [0.2, 0.25) is 0 Å². The van der Waals surface area contributed by atoms with E-state index < -0.39 is 21.4 Å². The first kappa shape index (κ1) is 15.9. The van der Waals surface area contributed by atoms with Gasteiger partial charge >= 0.3 is 0 Å². The molecule has 102 valence electrons. The SMILES string of the molecule is CC(C)(CCCl)NS(=O)(=O)c1ccc(Br)cc1F. The zero-order chi connectivity index (χ0) is 14.0. The second-order valence-electron chi connectivity index (χ2n) is 4.50. The molecule has 0 aliphatic rings. The van der Waals surface area contributed by atoms with Gasteiger partial charge in [0.25, 0.3) is 0 Å². The Morgan fingerprint density at radius 2 is 2.06 bits per heavy atom. The summed E-state index contributed by atoms with van der Waals surface area (Å²) in [6, 6.07) is 3.81. The van der Waals surface area contributed by atoms with Crippen molar-refractivity contribution < 1.29 is 12.8 Å². The molecule has 7 heteroatoms. The molecule has 1 N–H and O–H groups in total. The Bertz CT molecular complexity index is 534. The molecule has 0 radical (unpaired) electrons. The number of rotatable bonds is 5. The van der Waals surface area contributed by atoms with Gasteiger partial charge in [0.1, 0.15) is 10.7 Å². The first-order chi connectivity index (χ1) is 8.18. The normalized spacial score (nSPS) is 12.7. The van der Waals surface area contributed by atoms with Crippen LogP contribution in [0.4, 0.5) is 4.39 Å². The first-order valence-corrected chi connectivity index (χ1v) is 8.04. The molecule has 0 fully saturated rings. The van der Waals surface area contributed by atoms with Crippen molar-refractivity contribution in [2.24, 2.45) is 0 Å². The lowest BCUT2D eigenvalue weighted by atomic mass is 10.0. The fourth-order valence-electron chi connectivity index (χ4n) is 1.40. The minimum atomic E-state index is -3.89. The molecule has 0 aliphatic carbocycles. The zero-order valence-corrected chi connectivity index (χ0v) is 13.2. The van der Waals surface area contributed by atoms with Crippen LogP contribution >= 0.6 is 27.5 Å². The van der Waals surface area contributed by atoms with E-state index in [1.807, 2.05) is 0 Å². The molecule has 0 saturated carbocycles. The minimum Gasteiger partial charge on any atom is -0.207 e. The third kappa shape index (κ3) is 4.19. The molecule has 1 aromatic carbocycles. The lowest BCUT2D eigenvalue weighted by molar-refractivity contribution is 0.439. The van der Waals surface area contributed by atoms with Gasteiger partial charge in [-0.2, -0.15) is 0 Å². The number of sulfonamides is 1. The van der Waals surface area contributed by atoms with E-state index in [-0.39, 0.29) is 4.90 Å². The van der Waals surface area contributed by atoms with Crippen molar-refractivity contribution in [1.82, 2.24) is 4.72 Å². The van der Waals surface area contributed by atoms with Crippen LogP contribution in [0.5, 0.6) is 0 Å². The smallest absolute Gasteiger partial charge is 0.207 e. The second-order valence-corrected chi connectivity index (χ2v) is 7.45. The summed E-state index contributed by atoms with van der Waals surface area (Å²) >= 11 is 8.67. The molecule has 18 heavy (non-hydrogen) atoms. The highest BCUT2D eigenvalue weighted by molar-refractivity contribution is 9.10. The average molecular weight is 359 g/mol. The molecule has 0 amide bonds. The van der Waals surface area contributed by atoms with Crippen LogP contribution in [-0.2, 0) is 10.0 Å². The van der Waals surface area contributed by atoms with Crippen LogP contribution in [0.1, 0.15) is 20.3 Å². The summed E-state index contributed by atoms with van der Waals surface area (Å²) in [4.78, 5) is -0.367. The van der Waals surface area contributed by atoms with Gasteiger partial charge in [0.2, 0.25) is 10.0 Å². The predicted octanol–water partition coefficient (Wildman–Crippen LogP) is 3.27. The zero-order valence-electron chi connectivity index (χ0n) is 10.0. The van der Waals surface area contributed by atoms with Gasteiger partial charge in [-0.15, -0.1) is 11.6 Å². The van der Waals surface area contributed by atoms with Gasteiger partial charge in [-0.3, -0.25) is 0 Å². The maximum atomic E-state index is 13.6. The summed E-state index contributed by atoms with van der Waals surface area (Å²) in [6.45, 7) is 3.40. The summed E-state index contributed by atoms with van der Waals surface area (Å²) in [6.07, 6.45) is 0.450. The summed E-state index contributed by atoms with van der Waals surface area (Å²) in [5, 5.41) is 0. The summed E-state index contributed by atoms with van der Waals surface area (Å²) in [5.74, 6) is -0.475. The van der Waals surface area contributed by atoms with Gasteiger partial charge in [-0.1, -0.05) is 15.9 Å². The van der Waals surface area contributed by atoms with Crippen molar-refractivity contribution in [3.8, 4) is 0 Å². The number of benzene rings is 1. The number of hydrogen-bond acceptors (Lipinski definition) is 2. The lowest BCUT2D eigenvalue weighted by Crippen LogP contribution is -2.43. The van der Waals surface area contributed by atoms with Gasteiger partial charge in [-0.05, 0) is 38.5 Å². The summed E-state index contributed by atoms with van der Waals surface area (Å²) in [7, 11) is -3.89. The van der Waals surface area contributed by atoms with Crippen molar-refractivity contribution in [3.05, 3.63) is 28.5 Å². The molecule has 3 nitrogen and oxygen atoms in total. The van der Waals surface area contributed by atoms with Crippen LogP contribution in [0.15, 0.2) is 27.6 Å². The first-order valence-electron chi connectivity index (χ1n) is 5.23. The van der Waals surface area contributed by atoms with Crippen LogP contribution in [0, 0.1) is 5.82 Å². The fraction of sp³-hybridized carbons (Fsp3) is 0.455. The van der Waals surface area contributed by atoms with E-state index in [9.17, 15) is 12.8 Å². The molecule has 0 aliphatic heterocycles. The van der Waals surface area contributed by atoms with E-state index in [0.29, 0.717) is 16.8 Å².